The van der Waals surface area contributed by atoms with Gasteiger partial charge in [-0.25, -0.2) is 14.4 Å². The second-order valence-corrected chi connectivity index (χ2v) is 6.91. The minimum Gasteiger partial charge on any atom is -0.236 e. The second-order valence-electron chi connectivity index (χ2n) is 6.91. The number of aryl methyl sites for hydroxylation is 2. The Bertz CT molecular complexity index is 1080. The van der Waals surface area contributed by atoms with Crippen LogP contribution in [-0.2, 0) is 6.42 Å². The van der Waals surface area contributed by atoms with E-state index in [1.165, 1.54) is 11.6 Å². The van der Waals surface area contributed by atoms with Gasteiger partial charge in [-0.1, -0.05) is 67.6 Å². The number of hydrogen-bond donors (Lipinski definition) is 0. The summed E-state index contributed by atoms with van der Waals surface area (Å²) in [6.45, 7) is 4.07. The van der Waals surface area contributed by atoms with Crippen molar-refractivity contribution in [1.29, 1.82) is 0 Å². The fourth-order valence-electron chi connectivity index (χ4n) is 3.21. The topological polar surface area (TPSA) is 25.8 Å². The molecule has 0 aliphatic rings. The Kier molecular flexibility index (Phi) is 4.98. The first-order valence-corrected chi connectivity index (χ1v) is 9.42. The fraction of sp³-hybridized carbons (Fsp3) is 0.120. The molecule has 0 fully saturated rings. The summed E-state index contributed by atoms with van der Waals surface area (Å²) < 4.78 is 14.8. The Balaban J connectivity index is 1.61. The normalized spacial score (nSPS) is 10.8. The SMILES string of the molecule is CCc1ccc(-c2ccc(-c3ccc(-c4ncc(C)cn4)cc3F)cc2)cc1. The molecule has 0 saturated heterocycles. The van der Waals surface area contributed by atoms with Gasteiger partial charge in [-0.05, 0) is 47.2 Å². The van der Waals surface area contributed by atoms with E-state index in [-0.39, 0.29) is 5.82 Å². The molecule has 0 atom stereocenters. The lowest BCUT2D eigenvalue weighted by Gasteiger charge is -2.08. The number of rotatable bonds is 4. The zero-order valence-corrected chi connectivity index (χ0v) is 16.0. The van der Waals surface area contributed by atoms with Crippen LogP contribution in [0, 0.1) is 12.7 Å². The van der Waals surface area contributed by atoms with Crippen molar-refractivity contribution in [3.8, 4) is 33.6 Å². The lowest BCUT2D eigenvalue weighted by atomic mass is 9.98. The van der Waals surface area contributed by atoms with Gasteiger partial charge in [-0.15, -0.1) is 0 Å². The smallest absolute Gasteiger partial charge is 0.159 e. The van der Waals surface area contributed by atoms with Gasteiger partial charge in [-0.3, -0.25) is 0 Å². The van der Waals surface area contributed by atoms with Gasteiger partial charge < -0.3 is 0 Å². The van der Waals surface area contributed by atoms with E-state index in [4.69, 9.17) is 0 Å². The number of benzene rings is 3. The third-order valence-corrected chi connectivity index (χ3v) is 4.90. The molecule has 4 aromatic rings. The molecule has 0 saturated carbocycles. The molecule has 0 spiro atoms. The molecule has 4 rings (SSSR count). The predicted molar refractivity (Wildman–Crippen MR) is 112 cm³/mol. The molecule has 0 bridgehead atoms. The van der Waals surface area contributed by atoms with Crippen LogP contribution >= 0.6 is 0 Å². The summed E-state index contributed by atoms with van der Waals surface area (Å²) in [7, 11) is 0. The first-order chi connectivity index (χ1) is 13.6. The number of nitrogens with zero attached hydrogens (tertiary/aromatic N) is 2. The average molecular weight is 368 g/mol. The van der Waals surface area contributed by atoms with Crippen LogP contribution in [0.1, 0.15) is 18.1 Å². The van der Waals surface area contributed by atoms with Crippen molar-refractivity contribution >= 4 is 0 Å². The molecular formula is C25H21FN2. The molecule has 0 aliphatic carbocycles. The van der Waals surface area contributed by atoms with E-state index in [9.17, 15) is 4.39 Å². The maximum Gasteiger partial charge on any atom is 0.159 e. The summed E-state index contributed by atoms with van der Waals surface area (Å²) in [6.07, 6.45) is 4.50. The Morgan fingerprint density at radius 3 is 1.82 bits per heavy atom. The van der Waals surface area contributed by atoms with Gasteiger partial charge in [0.15, 0.2) is 5.82 Å². The van der Waals surface area contributed by atoms with Gasteiger partial charge in [0.2, 0.25) is 0 Å². The number of hydrogen-bond acceptors (Lipinski definition) is 2. The van der Waals surface area contributed by atoms with Crippen LogP contribution in [0.3, 0.4) is 0 Å². The Morgan fingerprint density at radius 1 is 0.714 bits per heavy atom. The van der Waals surface area contributed by atoms with E-state index in [1.54, 1.807) is 18.5 Å². The highest BCUT2D eigenvalue weighted by atomic mass is 19.1. The van der Waals surface area contributed by atoms with Crippen molar-refractivity contribution in [3.05, 3.63) is 96.1 Å². The van der Waals surface area contributed by atoms with Crippen LogP contribution in [0.5, 0.6) is 0 Å². The molecule has 1 heterocycles. The molecule has 0 aliphatic heterocycles. The van der Waals surface area contributed by atoms with E-state index >= 15 is 0 Å². The van der Waals surface area contributed by atoms with Crippen LogP contribution in [0.4, 0.5) is 4.39 Å². The molecule has 0 unspecified atom stereocenters. The standard InChI is InChI=1S/C25H21FN2/c1-3-18-4-6-19(7-5-18)20-8-10-21(11-9-20)23-13-12-22(14-24(23)26)25-27-15-17(2)16-28-25/h4-16H,3H2,1-2H3. The van der Waals surface area contributed by atoms with E-state index in [1.807, 2.05) is 37.3 Å². The summed E-state index contributed by atoms with van der Waals surface area (Å²) in [5.41, 5.74) is 6.68. The highest BCUT2D eigenvalue weighted by Gasteiger charge is 2.09. The van der Waals surface area contributed by atoms with Crippen molar-refractivity contribution in [2.45, 2.75) is 20.3 Å². The van der Waals surface area contributed by atoms with Crippen molar-refractivity contribution < 1.29 is 4.39 Å². The van der Waals surface area contributed by atoms with Crippen LogP contribution in [0.2, 0.25) is 0 Å². The molecule has 28 heavy (non-hydrogen) atoms. The molecule has 1 aromatic heterocycles. The van der Waals surface area contributed by atoms with Gasteiger partial charge in [0, 0.05) is 23.5 Å². The number of aromatic nitrogens is 2. The highest BCUT2D eigenvalue weighted by molar-refractivity contribution is 5.72. The summed E-state index contributed by atoms with van der Waals surface area (Å²) >= 11 is 0. The minimum absolute atomic E-state index is 0.276. The third-order valence-electron chi connectivity index (χ3n) is 4.90. The van der Waals surface area contributed by atoms with Gasteiger partial charge >= 0.3 is 0 Å². The van der Waals surface area contributed by atoms with Crippen LogP contribution in [-0.4, -0.2) is 9.97 Å². The lowest BCUT2D eigenvalue weighted by Crippen LogP contribution is -1.92. The van der Waals surface area contributed by atoms with Gasteiger partial charge in [0.1, 0.15) is 5.82 Å². The molecule has 0 amide bonds. The van der Waals surface area contributed by atoms with E-state index in [2.05, 4.69) is 41.2 Å². The molecule has 0 radical (unpaired) electrons. The summed E-state index contributed by atoms with van der Waals surface area (Å²) in [5, 5.41) is 0. The largest absolute Gasteiger partial charge is 0.236 e. The summed E-state index contributed by atoms with van der Waals surface area (Å²) in [4.78, 5) is 8.54. The molecular weight excluding hydrogens is 347 g/mol. The van der Waals surface area contributed by atoms with E-state index < -0.39 is 0 Å². The summed E-state index contributed by atoms with van der Waals surface area (Å²) in [6, 6.07) is 21.7. The van der Waals surface area contributed by atoms with Gasteiger partial charge in [0.25, 0.3) is 0 Å². The average Bonchev–Trinajstić information content (AvgIpc) is 2.74. The zero-order valence-electron chi connectivity index (χ0n) is 16.0. The van der Waals surface area contributed by atoms with Gasteiger partial charge in [0.05, 0.1) is 0 Å². The van der Waals surface area contributed by atoms with Crippen LogP contribution < -0.4 is 0 Å². The first-order valence-electron chi connectivity index (χ1n) is 9.42. The molecule has 0 N–H and O–H groups in total. The van der Waals surface area contributed by atoms with Crippen LogP contribution in [0.15, 0.2) is 79.1 Å². The highest BCUT2D eigenvalue weighted by Crippen LogP contribution is 2.29. The molecule has 3 heteroatoms. The van der Waals surface area contributed by atoms with Crippen molar-refractivity contribution in [1.82, 2.24) is 9.97 Å². The maximum absolute atomic E-state index is 14.8. The summed E-state index contributed by atoms with van der Waals surface area (Å²) in [5.74, 6) is 0.253. The molecule has 3 aromatic carbocycles. The quantitative estimate of drug-likeness (QED) is 0.411. The Morgan fingerprint density at radius 2 is 1.25 bits per heavy atom. The Hall–Kier alpha value is -3.33. The zero-order chi connectivity index (χ0) is 19.5. The number of halogens is 1. The monoisotopic (exact) mass is 368 g/mol. The molecule has 138 valence electrons. The van der Waals surface area contributed by atoms with Gasteiger partial charge in [-0.2, -0.15) is 0 Å². The maximum atomic E-state index is 14.8. The Labute approximate surface area is 164 Å². The first kappa shape index (κ1) is 18.1. The van der Waals surface area contributed by atoms with Crippen molar-refractivity contribution in [2.75, 3.05) is 0 Å². The lowest BCUT2D eigenvalue weighted by molar-refractivity contribution is 0.631. The van der Waals surface area contributed by atoms with E-state index in [0.29, 0.717) is 17.0 Å². The van der Waals surface area contributed by atoms with Crippen molar-refractivity contribution in [2.24, 2.45) is 0 Å². The fourth-order valence-corrected chi connectivity index (χ4v) is 3.21. The van der Waals surface area contributed by atoms with Crippen molar-refractivity contribution in [3.63, 3.8) is 0 Å². The van der Waals surface area contributed by atoms with E-state index in [0.717, 1.165) is 28.7 Å². The third kappa shape index (κ3) is 3.70. The minimum atomic E-state index is -0.276. The predicted octanol–water partition coefficient (Wildman–Crippen LogP) is 6.49. The second kappa shape index (κ2) is 7.73. The molecule has 2 nitrogen and oxygen atoms in total. The van der Waals surface area contributed by atoms with Crippen LogP contribution in [0.25, 0.3) is 33.6 Å².